The summed E-state index contributed by atoms with van der Waals surface area (Å²) in [6, 6.07) is 11.1. The molecule has 0 aliphatic heterocycles. The highest BCUT2D eigenvalue weighted by Gasteiger charge is 2.36. The number of rotatable bonds is 9. The van der Waals surface area contributed by atoms with Gasteiger partial charge in [-0.05, 0) is 30.4 Å². The molecule has 0 aliphatic carbocycles. The molecule has 0 spiro atoms. The Kier molecular flexibility index (Phi) is 7.29. The first-order chi connectivity index (χ1) is 9.60. The Hall–Kier alpha value is -0.820. The second kappa shape index (κ2) is 8.46. The Morgan fingerprint density at radius 2 is 1.60 bits per heavy atom. The third kappa shape index (κ3) is 4.09. The smallest absolute Gasteiger partial charge is 0.0103 e. The predicted molar refractivity (Wildman–Crippen MR) is 90.2 cm³/mol. The second-order valence-electron chi connectivity index (χ2n) is 6.41. The lowest BCUT2D eigenvalue weighted by atomic mass is 9.66. The summed E-state index contributed by atoms with van der Waals surface area (Å²) in [5, 5.41) is 3.72. The van der Waals surface area contributed by atoms with Gasteiger partial charge in [0.25, 0.3) is 0 Å². The van der Waals surface area contributed by atoms with Gasteiger partial charge in [0, 0.05) is 12.0 Å². The molecule has 0 bridgehead atoms. The van der Waals surface area contributed by atoms with Crippen LogP contribution in [0, 0.1) is 11.8 Å². The Balaban J connectivity index is 3.02. The molecule has 0 saturated heterocycles. The van der Waals surface area contributed by atoms with Crippen molar-refractivity contribution in [3.8, 4) is 0 Å². The third-order valence-electron chi connectivity index (χ3n) is 4.74. The molecule has 1 nitrogen and oxygen atoms in total. The van der Waals surface area contributed by atoms with Crippen LogP contribution in [0.25, 0.3) is 0 Å². The minimum Gasteiger partial charge on any atom is -0.316 e. The van der Waals surface area contributed by atoms with Crippen LogP contribution >= 0.6 is 0 Å². The third-order valence-corrected chi connectivity index (χ3v) is 4.74. The average Bonchev–Trinajstić information content (AvgIpc) is 2.47. The van der Waals surface area contributed by atoms with Gasteiger partial charge in [-0.15, -0.1) is 0 Å². The second-order valence-corrected chi connectivity index (χ2v) is 6.41. The molecule has 1 unspecified atom stereocenters. The summed E-state index contributed by atoms with van der Waals surface area (Å²) in [6.45, 7) is 13.8. The minimum absolute atomic E-state index is 0.277. The zero-order valence-corrected chi connectivity index (χ0v) is 14.1. The Labute approximate surface area is 126 Å². The van der Waals surface area contributed by atoms with Gasteiger partial charge < -0.3 is 5.32 Å². The molecule has 1 N–H and O–H groups in total. The quantitative estimate of drug-likeness (QED) is 0.667. The number of nitrogens with one attached hydrogen (secondary N) is 1. The van der Waals surface area contributed by atoms with E-state index in [4.69, 9.17) is 0 Å². The molecule has 1 aromatic rings. The van der Waals surface area contributed by atoms with Crippen LogP contribution in [0.1, 0.15) is 59.4 Å². The van der Waals surface area contributed by atoms with Gasteiger partial charge in [0.2, 0.25) is 0 Å². The first kappa shape index (κ1) is 17.2. The lowest BCUT2D eigenvalue weighted by molar-refractivity contribution is 0.228. The Morgan fingerprint density at radius 1 is 1.00 bits per heavy atom. The molecule has 1 rings (SSSR count). The van der Waals surface area contributed by atoms with Crippen molar-refractivity contribution in [3.05, 3.63) is 35.9 Å². The summed E-state index contributed by atoms with van der Waals surface area (Å²) in [7, 11) is 0. The maximum Gasteiger partial charge on any atom is 0.0103 e. The SMILES string of the molecule is CCC(CC)C(CC)(CNCC(C)C)c1ccccc1. The van der Waals surface area contributed by atoms with Crippen molar-refractivity contribution in [3.63, 3.8) is 0 Å². The monoisotopic (exact) mass is 275 g/mol. The normalized spacial score (nSPS) is 14.8. The molecule has 0 fully saturated rings. The van der Waals surface area contributed by atoms with E-state index < -0.39 is 0 Å². The van der Waals surface area contributed by atoms with E-state index in [1.807, 2.05) is 0 Å². The van der Waals surface area contributed by atoms with Crippen molar-refractivity contribution in [1.82, 2.24) is 5.32 Å². The fourth-order valence-electron chi connectivity index (χ4n) is 3.52. The van der Waals surface area contributed by atoms with Crippen molar-refractivity contribution in [2.45, 2.75) is 59.3 Å². The highest BCUT2D eigenvalue weighted by Crippen LogP contribution is 2.39. The van der Waals surface area contributed by atoms with E-state index in [-0.39, 0.29) is 5.41 Å². The van der Waals surface area contributed by atoms with Crippen LogP contribution in [0.15, 0.2) is 30.3 Å². The summed E-state index contributed by atoms with van der Waals surface area (Å²) < 4.78 is 0. The molecule has 20 heavy (non-hydrogen) atoms. The molecule has 1 aromatic carbocycles. The van der Waals surface area contributed by atoms with Gasteiger partial charge >= 0.3 is 0 Å². The number of hydrogen-bond acceptors (Lipinski definition) is 1. The molecule has 1 heteroatoms. The van der Waals surface area contributed by atoms with Crippen molar-refractivity contribution in [2.24, 2.45) is 11.8 Å². The Morgan fingerprint density at radius 3 is 2.05 bits per heavy atom. The first-order valence-electron chi connectivity index (χ1n) is 8.36. The van der Waals surface area contributed by atoms with Crippen LogP contribution < -0.4 is 5.32 Å². The van der Waals surface area contributed by atoms with Crippen LogP contribution in [0.5, 0.6) is 0 Å². The van der Waals surface area contributed by atoms with Gasteiger partial charge in [-0.1, -0.05) is 77.8 Å². The van der Waals surface area contributed by atoms with Gasteiger partial charge in [-0.3, -0.25) is 0 Å². The molecule has 0 heterocycles. The number of benzene rings is 1. The first-order valence-corrected chi connectivity index (χ1v) is 8.36. The van der Waals surface area contributed by atoms with Gasteiger partial charge in [-0.25, -0.2) is 0 Å². The maximum atomic E-state index is 3.72. The topological polar surface area (TPSA) is 12.0 Å². The zero-order chi connectivity index (χ0) is 15.0. The van der Waals surface area contributed by atoms with E-state index >= 15 is 0 Å². The molecular formula is C19H33N. The van der Waals surface area contributed by atoms with Gasteiger partial charge in [0.1, 0.15) is 0 Å². The summed E-state index contributed by atoms with van der Waals surface area (Å²) in [4.78, 5) is 0. The molecule has 0 amide bonds. The minimum atomic E-state index is 0.277. The lowest BCUT2D eigenvalue weighted by Crippen LogP contribution is -2.44. The standard InChI is InChI=1S/C19H33N/c1-6-17(7-2)19(8-3,15-20-14-16(4)5)18-12-10-9-11-13-18/h9-13,16-17,20H,6-8,14-15H2,1-5H3. The van der Waals surface area contributed by atoms with E-state index in [0.29, 0.717) is 5.92 Å². The maximum absolute atomic E-state index is 3.72. The van der Waals surface area contributed by atoms with Crippen molar-refractivity contribution in [2.75, 3.05) is 13.1 Å². The Bertz CT molecular complexity index is 353. The van der Waals surface area contributed by atoms with Gasteiger partial charge in [0.05, 0.1) is 0 Å². The highest BCUT2D eigenvalue weighted by atomic mass is 14.9. The summed E-state index contributed by atoms with van der Waals surface area (Å²) in [5.41, 5.74) is 1.78. The van der Waals surface area contributed by atoms with Crippen LogP contribution in [0.3, 0.4) is 0 Å². The molecule has 0 saturated carbocycles. The number of hydrogen-bond donors (Lipinski definition) is 1. The lowest BCUT2D eigenvalue weighted by Gasteiger charge is -2.41. The van der Waals surface area contributed by atoms with E-state index in [2.05, 4.69) is 70.3 Å². The van der Waals surface area contributed by atoms with E-state index in [0.717, 1.165) is 19.0 Å². The predicted octanol–water partition coefficient (Wildman–Crippen LogP) is 5.02. The van der Waals surface area contributed by atoms with Crippen LogP contribution in [0.4, 0.5) is 0 Å². The fourth-order valence-corrected chi connectivity index (χ4v) is 3.52. The van der Waals surface area contributed by atoms with Gasteiger partial charge in [-0.2, -0.15) is 0 Å². The van der Waals surface area contributed by atoms with Gasteiger partial charge in [0.15, 0.2) is 0 Å². The van der Waals surface area contributed by atoms with Crippen LogP contribution in [-0.2, 0) is 5.41 Å². The highest BCUT2D eigenvalue weighted by molar-refractivity contribution is 5.27. The summed E-state index contributed by atoms with van der Waals surface area (Å²) >= 11 is 0. The molecule has 114 valence electrons. The summed E-state index contributed by atoms with van der Waals surface area (Å²) in [6.07, 6.45) is 3.71. The van der Waals surface area contributed by atoms with Crippen LogP contribution in [0.2, 0.25) is 0 Å². The average molecular weight is 275 g/mol. The molecule has 0 aromatic heterocycles. The van der Waals surface area contributed by atoms with Crippen molar-refractivity contribution >= 4 is 0 Å². The van der Waals surface area contributed by atoms with E-state index in [1.165, 1.54) is 24.8 Å². The van der Waals surface area contributed by atoms with E-state index in [1.54, 1.807) is 0 Å². The fraction of sp³-hybridized carbons (Fsp3) is 0.684. The largest absolute Gasteiger partial charge is 0.316 e. The molecule has 1 atom stereocenters. The molecule has 0 aliphatic rings. The summed E-state index contributed by atoms with van der Waals surface area (Å²) in [5.74, 6) is 1.46. The van der Waals surface area contributed by atoms with Crippen molar-refractivity contribution < 1.29 is 0 Å². The van der Waals surface area contributed by atoms with Crippen molar-refractivity contribution in [1.29, 1.82) is 0 Å². The molecule has 0 radical (unpaired) electrons. The zero-order valence-electron chi connectivity index (χ0n) is 14.1. The molecular weight excluding hydrogens is 242 g/mol. The van der Waals surface area contributed by atoms with Crippen LogP contribution in [-0.4, -0.2) is 13.1 Å². The van der Waals surface area contributed by atoms with E-state index in [9.17, 15) is 0 Å².